The first-order chi connectivity index (χ1) is 10.7. The molecule has 0 bridgehead atoms. The lowest BCUT2D eigenvalue weighted by molar-refractivity contribution is -0.384. The molecular weight excluding hydrogens is 280 g/mol. The number of H-pyrrole nitrogens is 1. The molecule has 3 rings (SSSR count). The first-order valence-corrected chi connectivity index (χ1v) is 6.48. The van der Waals surface area contributed by atoms with Gasteiger partial charge in [0.05, 0.1) is 28.4 Å². The minimum absolute atomic E-state index is 0.0391. The van der Waals surface area contributed by atoms with Gasteiger partial charge in [-0.05, 0) is 24.3 Å². The van der Waals surface area contributed by atoms with E-state index >= 15 is 0 Å². The van der Waals surface area contributed by atoms with Gasteiger partial charge in [-0.1, -0.05) is 12.1 Å². The van der Waals surface area contributed by atoms with Gasteiger partial charge in [-0.2, -0.15) is 5.26 Å². The van der Waals surface area contributed by atoms with Crippen molar-refractivity contribution in [3.8, 4) is 28.7 Å². The summed E-state index contributed by atoms with van der Waals surface area (Å²) in [7, 11) is 0. The first kappa shape index (κ1) is 13.5. The average molecular weight is 290 g/mol. The van der Waals surface area contributed by atoms with Gasteiger partial charge in [-0.15, -0.1) is 0 Å². The summed E-state index contributed by atoms with van der Waals surface area (Å²) in [4.78, 5) is 17.7. The van der Waals surface area contributed by atoms with Crippen LogP contribution in [0.2, 0.25) is 0 Å². The van der Waals surface area contributed by atoms with Gasteiger partial charge in [0.1, 0.15) is 5.82 Å². The molecule has 1 N–H and O–H groups in total. The number of benzene rings is 2. The van der Waals surface area contributed by atoms with Crippen LogP contribution in [-0.4, -0.2) is 14.9 Å². The fourth-order valence-electron chi connectivity index (χ4n) is 2.11. The number of aromatic amines is 1. The number of rotatable bonds is 3. The van der Waals surface area contributed by atoms with Gasteiger partial charge < -0.3 is 4.98 Å². The Hall–Kier alpha value is -3.46. The van der Waals surface area contributed by atoms with Crippen LogP contribution in [0.5, 0.6) is 0 Å². The van der Waals surface area contributed by atoms with Crippen LogP contribution in [-0.2, 0) is 0 Å². The summed E-state index contributed by atoms with van der Waals surface area (Å²) >= 11 is 0. The van der Waals surface area contributed by atoms with Crippen LogP contribution in [0.3, 0.4) is 0 Å². The SMILES string of the molecule is N#Cc1cccc(-c2cnc(-c3ccc([N+](=O)[O-])cc3)[nH]2)c1. The van der Waals surface area contributed by atoms with E-state index in [1.165, 1.54) is 12.1 Å². The van der Waals surface area contributed by atoms with E-state index in [2.05, 4.69) is 16.0 Å². The molecule has 0 aliphatic carbocycles. The second kappa shape index (κ2) is 5.50. The zero-order valence-electron chi connectivity index (χ0n) is 11.4. The Kier molecular flexibility index (Phi) is 3.38. The van der Waals surface area contributed by atoms with Crippen molar-refractivity contribution in [2.24, 2.45) is 0 Å². The van der Waals surface area contributed by atoms with E-state index in [9.17, 15) is 10.1 Å². The summed E-state index contributed by atoms with van der Waals surface area (Å²) in [6.45, 7) is 0. The highest BCUT2D eigenvalue weighted by atomic mass is 16.6. The molecule has 0 atom stereocenters. The topological polar surface area (TPSA) is 95.6 Å². The lowest BCUT2D eigenvalue weighted by Gasteiger charge is -1.99. The molecule has 2 aromatic carbocycles. The molecule has 0 saturated carbocycles. The number of non-ortho nitro benzene ring substituents is 1. The van der Waals surface area contributed by atoms with Crippen molar-refractivity contribution in [3.05, 3.63) is 70.4 Å². The molecule has 0 spiro atoms. The maximum atomic E-state index is 10.7. The zero-order valence-corrected chi connectivity index (χ0v) is 11.4. The minimum Gasteiger partial charge on any atom is -0.338 e. The van der Waals surface area contributed by atoms with Gasteiger partial charge in [0, 0.05) is 23.3 Å². The van der Waals surface area contributed by atoms with Crippen molar-refractivity contribution in [3.63, 3.8) is 0 Å². The van der Waals surface area contributed by atoms with Crippen LogP contribution in [0.4, 0.5) is 5.69 Å². The summed E-state index contributed by atoms with van der Waals surface area (Å²) in [5.41, 5.74) is 3.01. The van der Waals surface area contributed by atoms with Crippen LogP contribution in [0.15, 0.2) is 54.7 Å². The quantitative estimate of drug-likeness (QED) is 0.589. The van der Waals surface area contributed by atoms with Crippen LogP contribution in [0.25, 0.3) is 22.6 Å². The van der Waals surface area contributed by atoms with Gasteiger partial charge in [0.15, 0.2) is 0 Å². The molecule has 0 radical (unpaired) electrons. The van der Waals surface area contributed by atoms with Gasteiger partial charge in [0.2, 0.25) is 0 Å². The molecule has 6 nitrogen and oxygen atoms in total. The molecule has 0 aliphatic heterocycles. The van der Waals surface area contributed by atoms with Crippen LogP contribution in [0.1, 0.15) is 5.56 Å². The zero-order chi connectivity index (χ0) is 15.5. The molecule has 0 saturated heterocycles. The van der Waals surface area contributed by atoms with E-state index in [1.54, 1.807) is 36.5 Å². The highest BCUT2D eigenvalue weighted by molar-refractivity contribution is 5.66. The maximum Gasteiger partial charge on any atom is 0.269 e. The summed E-state index contributed by atoms with van der Waals surface area (Å²) < 4.78 is 0. The molecule has 106 valence electrons. The van der Waals surface area contributed by atoms with Gasteiger partial charge in [-0.25, -0.2) is 4.98 Å². The summed E-state index contributed by atoms with van der Waals surface area (Å²) in [5.74, 6) is 0.618. The fraction of sp³-hybridized carbons (Fsp3) is 0. The predicted molar refractivity (Wildman–Crippen MR) is 80.8 cm³/mol. The summed E-state index contributed by atoms with van der Waals surface area (Å²) in [6, 6.07) is 15.5. The third kappa shape index (κ3) is 2.55. The van der Waals surface area contributed by atoms with Crippen molar-refractivity contribution >= 4 is 5.69 Å². The second-order valence-corrected chi connectivity index (χ2v) is 4.64. The van der Waals surface area contributed by atoms with Crippen molar-refractivity contribution in [2.75, 3.05) is 0 Å². The monoisotopic (exact) mass is 290 g/mol. The number of nitro benzene ring substituents is 1. The highest BCUT2D eigenvalue weighted by Gasteiger charge is 2.09. The third-order valence-corrected chi connectivity index (χ3v) is 3.23. The number of hydrogen-bond donors (Lipinski definition) is 1. The predicted octanol–water partition coefficient (Wildman–Crippen LogP) is 3.52. The van der Waals surface area contributed by atoms with E-state index < -0.39 is 4.92 Å². The molecule has 0 aliphatic rings. The standard InChI is InChI=1S/C16H10N4O2/c17-9-11-2-1-3-13(8-11)15-10-18-16(19-15)12-4-6-14(7-5-12)20(21)22/h1-8,10H,(H,18,19). The number of imidazole rings is 1. The van der Waals surface area contributed by atoms with E-state index in [1.807, 2.05) is 6.07 Å². The number of nitro groups is 1. The molecule has 3 aromatic rings. The lowest BCUT2D eigenvalue weighted by Crippen LogP contribution is -1.88. The van der Waals surface area contributed by atoms with Crippen molar-refractivity contribution < 1.29 is 4.92 Å². The molecule has 0 fully saturated rings. The van der Waals surface area contributed by atoms with E-state index in [0.29, 0.717) is 11.4 Å². The Morgan fingerprint density at radius 3 is 2.59 bits per heavy atom. The summed E-state index contributed by atoms with van der Waals surface area (Å²) in [6.07, 6.45) is 1.67. The smallest absolute Gasteiger partial charge is 0.269 e. The Labute approximate surface area is 125 Å². The molecule has 1 aromatic heterocycles. The summed E-state index contributed by atoms with van der Waals surface area (Å²) in [5, 5.41) is 19.6. The molecule has 22 heavy (non-hydrogen) atoms. The number of nitrogens with one attached hydrogen (secondary N) is 1. The van der Waals surface area contributed by atoms with Crippen molar-refractivity contribution in [2.45, 2.75) is 0 Å². The second-order valence-electron chi connectivity index (χ2n) is 4.64. The average Bonchev–Trinajstić information content (AvgIpc) is 3.05. The van der Waals surface area contributed by atoms with Gasteiger partial charge in [0.25, 0.3) is 5.69 Å². The van der Waals surface area contributed by atoms with E-state index in [-0.39, 0.29) is 5.69 Å². The fourth-order valence-corrected chi connectivity index (χ4v) is 2.11. The van der Waals surface area contributed by atoms with Crippen molar-refractivity contribution in [1.29, 1.82) is 5.26 Å². The number of aromatic nitrogens is 2. The number of hydrogen-bond acceptors (Lipinski definition) is 4. The Balaban J connectivity index is 1.93. The van der Waals surface area contributed by atoms with Crippen molar-refractivity contribution in [1.82, 2.24) is 9.97 Å². The normalized spacial score (nSPS) is 10.1. The molecule has 6 heteroatoms. The number of nitriles is 1. The Morgan fingerprint density at radius 2 is 1.91 bits per heavy atom. The highest BCUT2D eigenvalue weighted by Crippen LogP contribution is 2.24. The lowest BCUT2D eigenvalue weighted by atomic mass is 10.1. The van der Waals surface area contributed by atoms with Gasteiger partial charge >= 0.3 is 0 Å². The molecule has 0 amide bonds. The Morgan fingerprint density at radius 1 is 1.14 bits per heavy atom. The van der Waals surface area contributed by atoms with Crippen LogP contribution < -0.4 is 0 Å². The minimum atomic E-state index is -0.440. The third-order valence-electron chi connectivity index (χ3n) is 3.23. The van der Waals surface area contributed by atoms with E-state index in [0.717, 1.165) is 16.8 Å². The Bertz CT molecular complexity index is 876. The van der Waals surface area contributed by atoms with Crippen LogP contribution in [0, 0.1) is 21.4 Å². The largest absolute Gasteiger partial charge is 0.338 e. The maximum absolute atomic E-state index is 10.7. The first-order valence-electron chi connectivity index (χ1n) is 6.48. The molecular formula is C16H10N4O2. The number of nitrogens with zero attached hydrogens (tertiary/aromatic N) is 3. The molecule has 0 unspecified atom stereocenters. The molecule has 1 heterocycles. The van der Waals surface area contributed by atoms with Crippen LogP contribution >= 0.6 is 0 Å². The van der Waals surface area contributed by atoms with Gasteiger partial charge in [-0.3, -0.25) is 10.1 Å². The van der Waals surface area contributed by atoms with E-state index in [4.69, 9.17) is 5.26 Å².